The predicted molar refractivity (Wildman–Crippen MR) is 60.0 cm³/mol. The fraction of sp³-hybridized carbons (Fsp3) is 0.778. The molecule has 1 fully saturated rings. The lowest BCUT2D eigenvalue weighted by molar-refractivity contribution is -0.136. The Morgan fingerprint density at radius 1 is 1.67 bits per heavy atom. The van der Waals surface area contributed by atoms with Gasteiger partial charge >= 0.3 is 0 Å². The van der Waals surface area contributed by atoms with Crippen molar-refractivity contribution >= 4 is 24.2 Å². The summed E-state index contributed by atoms with van der Waals surface area (Å²) >= 11 is 0. The van der Waals surface area contributed by atoms with E-state index in [1.807, 2.05) is 6.92 Å². The van der Waals surface area contributed by atoms with Gasteiger partial charge in [-0.25, -0.2) is 0 Å². The molecular formula is C9H18ClN3O2. The van der Waals surface area contributed by atoms with E-state index in [1.165, 1.54) is 0 Å². The predicted octanol–water partition coefficient (Wildman–Crippen LogP) is -0.635. The lowest BCUT2D eigenvalue weighted by Crippen LogP contribution is -2.54. The van der Waals surface area contributed by atoms with Crippen LogP contribution in [0.25, 0.3) is 0 Å². The Morgan fingerprint density at radius 3 is 2.93 bits per heavy atom. The topological polar surface area (TPSA) is 61.4 Å². The van der Waals surface area contributed by atoms with Gasteiger partial charge in [-0.15, -0.1) is 12.4 Å². The van der Waals surface area contributed by atoms with Gasteiger partial charge in [-0.05, 0) is 6.92 Å². The summed E-state index contributed by atoms with van der Waals surface area (Å²) in [6.07, 6.45) is 0.233. The van der Waals surface area contributed by atoms with Crippen molar-refractivity contribution < 1.29 is 9.59 Å². The van der Waals surface area contributed by atoms with Crippen LogP contribution in [0, 0.1) is 0 Å². The zero-order valence-electron chi connectivity index (χ0n) is 9.08. The fourth-order valence-corrected chi connectivity index (χ4v) is 1.48. The van der Waals surface area contributed by atoms with Crippen molar-refractivity contribution in [1.29, 1.82) is 0 Å². The summed E-state index contributed by atoms with van der Waals surface area (Å²) in [6.45, 7) is 3.94. The van der Waals surface area contributed by atoms with Crippen molar-refractivity contribution in [2.75, 3.05) is 26.7 Å². The number of amides is 2. The van der Waals surface area contributed by atoms with Crippen LogP contribution in [0.2, 0.25) is 0 Å². The van der Waals surface area contributed by atoms with Gasteiger partial charge in [0.25, 0.3) is 0 Å². The number of hydrogen-bond donors (Lipinski definition) is 2. The van der Waals surface area contributed by atoms with Crippen LogP contribution in [0.1, 0.15) is 13.3 Å². The molecule has 1 aliphatic rings. The van der Waals surface area contributed by atoms with Crippen LogP contribution in [0.15, 0.2) is 0 Å². The summed E-state index contributed by atoms with van der Waals surface area (Å²) in [6, 6.07) is -0.347. The molecule has 0 bridgehead atoms. The lowest BCUT2D eigenvalue weighted by atomic mass is 10.1. The summed E-state index contributed by atoms with van der Waals surface area (Å²) in [7, 11) is 1.76. The number of carbonyl (C=O) groups excluding carboxylic acids is 2. The van der Waals surface area contributed by atoms with Gasteiger partial charge in [0.15, 0.2) is 0 Å². The largest absolute Gasteiger partial charge is 0.356 e. The molecular weight excluding hydrogens is 218 g/mol. The van der Waals surface area contributed by atoms with E-state index in [2.05, 4.69) is 10.6 Å². The standard InChI is InChI=1S/C9H17N3O2.ClH/c1-3-10-8(13)6-7-9(14)12(2)5-4-11-7;/h7,11H,3-6H2,1-2H3,(H,10,13);1H. The van der Waals surface area contributed by atoms with E-state index in [1.54, 1.807) is 11.9 Å². The van der Waals surface area contributed by atoms with E-state index in [-0.39, 0.29) is 36.7 Å². The minimum absolute atomic E-state index is 0. The third-order valence-corrected chi connectivity index (χ3v) is 2.28. The number of hydrogen-bond acceptors (Lipinski definition) is 3. The van der Waals surface area contributed by atoms with Gasteiger partial charge < -0.3 is 15.5 Å². The third kappa shape index (κ3) is 4.05. The molecule has 1 heterocycles. The molecule has 6 heteroatoms. The average molecular weight is 236 g/mol. The maximum absolute atomic E-state index is 11.5. The van der Waals surface area contributed by atoms with Gasteiger partial charge in [0.05, 0.1) is 12.5 Å². The van der Waals surface area contributed by atoms with Crippen molar-refractivity contribution in [3.05, 3.63) is 0 Å². The molecule has 0 aliphatic carbocycles. The first kappa shape index (κ1) is 14.2. The second kappa shape index (κ2) is 6.63. The molecule has 2 N–H and O–H groups in total. The third-order valence-electron chi connectivity index (χ3n) is 2.28. The molecule has 0 aromatic carbocycles. The highest BCUT2D eigenvalue weighted by molar-refractivity contribution is 5.88. The Hall–Kier alpha value is -0.810. The van der Waals surface area contributed by atoms with Gasteiger partial charge in [0.1, 0.15) is 0 Å². The van der Waals surface area contributed by atoms with Gasteiger partial charge in [-0.2, -0.15) is 0 Å². The molecule has 0 radical (unpaired) electrons. The SMILES string of the molecule is CCNC(=O)CC1NCCN(C)C1=O.Cl. The Morgan fingerprint density at radius 2 is 2.33 bits per heavy atom. The fourth-order valence-electron chi connectivity index (χ4n) is 1.48. The second-order valence-electron chi connectivity index (χ2n) is 3.42. The monoisotopic (exact) mass is 235 g/mol. The maximum Gasteiger partial charge on any atom is 0.240 e. The average Bonchev–Trinajstić information content (AvgIpc) is 2.13. The van der Waals surface area contributed by atoms with Crippen LogP contribution >= 0.6 is 12.4 Å². The Kier molecular flexibility index (Phi) is 6.27. The maximum atomic E-state index is 11.5. The number of carbonyl (C=O) groups is 2. The zero-order valence-corrected chi connectivity index (χ0v) is 9.89. The second-order valence-corrected chi connectivity index (χ2v) is 3.42. The van der Waals surface area contributed by atoms with Crippen molar-refractivity contribution in [2.45, 2.75) is 19.4 Å². The van der Waals surface area contributed by atoms with Crippen molar-refractivity contribution in [3.8, 4) is 0 Å². The molecule has 1 rings (SSSR count). The van der Waals surface area contributed by atoms with Crippen LogP contribution in [-0.2, 0) is 9.59 Å². The van der Waals surface area contributed by atoms with Gasteiger partial charge in [-0.3, -0.25) is 9.59 Å². The molecule has 0 aromatic heterocycles. The van der Waals surface area contributed by atoms with E-state index in [0.717, 1.165) is 6.54 Å². The number of halogens is 1. The minimum atomic E-state index is -0.347. The molecule has 1 atom stereocenters. The van der Waals surface area contributed by atoms with Crippen LogP contribution in [0.3, 0.4) is 0 Å². The van der Waals surface area contributed by atoms with E-state index >= 15 is 0 Å². The summed E-state index contributed by atoms with van der Waals surface area (Å²) in [4.78, 5) is 24.4. The minimum Gasteiger partial charge on any atom is -0.356 e. The van der Waals surface area contributed by atoms with Crippen LogP contribution in [-0.4, -0.2) is 49.4 Å². The van der Waals surface area contributed by atoms with E-state index in [4.69, 9.17) is 0 Å². The molecule has 0 aromatic rings. The number of rotatable bonds is 3. The molecule has 5 nitrogen and oxygen atoms in total. The van der Waals surface area contributed by atoms with Crippen LogP contribution in [0.4, 0.5) is 0 Å². The smallest absolute Gasteiger partial charge is 0.240 e. The number of nitrogens with one attached hydrogen (secondary N) is 2. The van der Waals surface area contributed by atoms with Crippen molar-refractivity contribution in [3.63, 3.8) is 0 Å². The first-order valence-corrected chi connectivity index (χ1v) is 4.90. The molecule has 2 amide bonds. The summed E-state index contributed by atoms with van der Waals surface area (Å²) in [5.74, 6) is -0.0730. The van der Waals surface area contributed by atoms with E-state index in [0.29, 0.717) is 13.1 Å². The quantitative estimate of drug-likeness (QED) is 0.685. The van der Waals surface area contributed by atoms with Crippen LogP contribution < -0.4 is 10.6 Å². The van der Waals surface area contributed by atoms with E-state index < -0.39 is 0 Å². The van der Waals surface area contributed by atoms with Crippen LogP contribution in [0.5, 0.6) is 0 Å². The molecule has 1 unspecified atom stereocenters. The molecule has 1 saturated heterocycles. The normalized spacial score (nSPS) is 20.8. The Balaban J connectivity index is 0.00000196. The highest BCUT2D eigenvalue weighted by Gasteiger charge is 2.27. The summed E-state index contributed by atoms with van der Waals surface area (Å²) < 4.78 is 0. The highest BCUT2D eigenvalue weighted by atomic mass is 35.5. The number of piperazine rings is 1. The van der Waals surface area contributed by atoms with Crippen molar-refractivity contribution in [1.82, 2.24) is 15.5 Å². The summed E-state index contributed by atoms with van der Waals surface area (Å²) in [5, 5.41) is 5.72. The molecule has 1 aliphatic heterocycles. The first-order valence-electron chi connectivity index (χ1n) is 4.90. The first-order chi connectivity index (χ1) is 6.65. The number of nitrogens with zero attached hydrogens (tertiary/aromatic N) is 1. The lowest BCUT2D eigenvalue weighted by Gasteiger charge is -2.29. The van der Waals surface area contributed by atoms with Gasteiger partial charge in [-0.1, -0.05) is 0 Å². The molecule has 0 saturated carbocycles. The van der Waals surface area contributed by atoms with Gasteiger partial charge in [0, 0.05) is 26.7 Å². The highest BCUT2D eigenvalue weighted by Crippen LogP contribution is 2.02. The van der Waals surface area contributed by atoms with Gasteiger partial charge in [0.2, 0.25) is 11.8 Å². The van der Waals surface area contributed by atoms with Crippen molar-refractivity contribution in [2.24, 2.45) is 0 Å². The summed E-state index contributed by atoms with van der Waals surface area (Å²) in [5.41, 5.74) is 0. The molecule has 0 spiro atoms. The Bertz CT molecular complexity index is 235. The zero-order chi connectivity index (χ0) is 10.6. The number of likely N-dealkylation sites (N-methyl/N-ethyl adjacent to an activating group) is 1. The molecule has 15 heavy (non-hydrogen) atoms. The Labute approximate surface area is 96.0 Å². The van der Waals surface area contributed by atoms with E-state index in [9.17, 15) is 9.59 Å². The molecule has 88 valence electrons.